The first-order chi connectivity index (χ1) is 13.0. The van der Waals surface area contributed by atoms with Crippen LogP contribution in [0.2, 0.25) is 5.02 Å². The Hall–Kier alpha value is -1.83. The average Bonchev–Trinajstić information content (AvgIpc) is 2.69. The van der Waals surface area contributed by atoms with E-state index in [9.17, 15) is 8.42 Å². The Morgan fingerprint density at radius 1 is 1.04 bits per heavy atom. The van der Waals surface area contributed by atoms with Crippen LogP contribution >= 0.6 is 11.6 Å². The molecule has 1 aliphatic heterocycles. The molecule has 8 heteroatoms. The fourth-order valence-corrected chi connectivity index (χ4v) is 4.96. The minimum Gasteiger partial charge on any atom is -0.364 e. The predicted molar refractivity (Wildman–Crippen MR) is 109 cm³/mol. The molecule has 0 saturated carbocycles. The van der Waals surface area contributed by atoms with E-state index in [1.54, 1.807) is 12.3 Å². The van der Waals surface area contributed by atoms with E-state index in [0.29, 0.717) is 18.0 Å². The Labute approximate surface area is 166 Å². The number of halogens is 1. The molecule has 1 fully saturated rings. The molecule has 0 amide bonds. The molecule has 0 radical (unpaired) electrons. The molecule has 1 aliphatic rings. The zero-order valence-corrected chi connectivity index (χ0v) is 17.3. The van der Waals surface area contributed by atoms with Gasteiger partial charge in [-0.1, -0.05) is 31.5 Å². The number of aromatic nitrogens is 1. The Morgan fingerprint density at radius 2 is 1.70 bits per heavy atom. The number of nitrogens with one attached hydrogen (secondary N) is 1. The van der Waals surface area contributed by atoms with Crippen LogP contribution in [-0.4, -0.2) is 52.0 Å². The summed E-state index contributed by atoms with van der Waals surface area (Å²) in [5.74, 6) is 0.930. The summed E-state index contributed by atoms with van der Waals surface area (Å²) in [6.45, 7) is 8.09. The highest BCUT2D eigenvalue weighted by Crippen LogP contribution is 2.22. The summed E-state index contributed by atoms with van der Waals surface area (Å²) >= 11 is 6.09. The van der Waals surface area contributed by atoms with Crippen LogP contribution in [-0.2, 0) is 10.0 Å². The van der Waals surface area contributed by atoms with Crippen molar-refractivity contribution in [1.82, 2.24) is 4.31 Å². The Kier molecular flexibility index (Phi) is 6.24. The van der Waals surface area contributed by atoms with Crippen LogP contribution in [0.1, 0.15) is 13.8 Å². The van der Waals surface area contributed by atoms with E-state index in [-0.39, 0.29) is 0 Å². The number of anilines is 2. The van der Waals surface area contributed by atoms with E-state index in [1.165, 1.54) is 4.31 Å². The van der Waals surface area contributed by atoms with Gasteiger partial charge in [0.25, 0.3) is 5.82 Å². The van der Waals surface area contributed by atoms with E-state index >= 15 is 0 Å². The quantitative estimate of drug-likeness (QED) is 0.735. The van der Waals surface area contributed by atoms with Gasteiger partial charge >= 0.3 is 0 Å². The number of hydrogen-bond donors (Lipinski definition) is 0. The molecule has 0 bridgehead atoms. The third-order valence-corrected chi connectivity index (χ3v) is 7.19. The molecule has 146 valence electrons. The second-order valence-corrected chi connectivity index (χ2v) is 8.83. The zero-order valence-electron chi connectivity index (χ0n) is 15.7. The number of nitrogens with zero attached hydrogens (tertiary/aromatic N) is 3. The van der Waals surface area contributed by atoms with Gasteiger partial charge in [0.05, 0.1) is 13.1 Å². The number of hydrogen-bond acceptors (Lipinski definition) is 4. The van der Waals surface area contributed by atoms with Crippen LogP contribution in [0, 0.1) is 0 Å². The van der Waals surface area contributed by atoms with Gasteiger partial charge < -0.3 is 4.90 Å². The maximum Gasteiger partial charge on any atom is 0.274 e. The smallest absolute Gasteiger partial charge is 0.274 e. The lowest BCUT2D eigenvalue weighted by atomic mass is 10.2. The molecule has 6 nitrogen and oxygen atoms in total. The van der Waals surface area contributed by atoms with Crippen LogP contribution in [0.25, 0.3) is 0 Å². The van der Waals surface area contributed by atoms with Crippen LogP contribution in [0.4, 0.5) is 11.5 Å². The largest absolute Gasteiger partial charge is 0.364 e. The summed E-state index contributed by atoms with van der Waals surface area (Å²) in [7, 11) is -3.43. The Morgan fingerprint density at radius 3 is 2.26 bits per heavy atom. The number of piperazine rings is 1. The van der Waals surface area contributed by atoms with Gasteiger partial charge in [-0.2, -0.15) is 4.31 Å². The van der Waals surface area contributed by atoms with Crippen molar-refractivity contribution in [2.24, 2.45) is 0 Å². The molecule has 1 saturated heterocycles. The SMILES string of the molecule is CCN(CC)S(=O)(=O)c1ccc(N2CCN(c3cccc(Cl)c3)CC2)[nH+]c1. The standard InChI is InChI=1S/C19H25ClN4O2S/c1-3-24(4-2)27(25,26)18-8-9-19(21-15-18)23-12-10-22(11-13-23)17-7-5-6-16(20)14-17/h5-9,14-15H,3-4,10-13H2,1-2H3/p+1. The molecule has 0 atom stereocenters. The van der Waals surface area contributed by atoms with Crippen molar-refractivity contribution in [1.29, 1.82) is 0 Å². The number of aromatic amines is 1. The molecular formula is C19H26ClN4O2S+. The molecule has 2 heterocycles. The summed E-state index contributed by atoms with van der Waals surface area (Å²) in [5.41, 5.74) is 1.13. The van der Waals surface area contributed by atoms with Crippen molar-refractivity contribution in [2.75, 3.05) is 49.1 Å². The number of benzene rings is 1. The lowest BCUT2D eigenvalue weighted by molar-refractivity contribution is -0.367. The van der Waals surface area contributed by atoms with Gasteiger partial charge in [-0.15, -0.1) is 0 Å². The highest BCUT2D eigenvalue weighted by atomic mass is 35.5. The second-order valence-electron chi connectivity index (χ2n) is 6.45. The maximum atomic E-state index is 12.6. The Bertz CT molecular complexity index is 862. The number of pyridine rings is 1. The van der Waals surface area contributed by atoms with Crippen LogP contribution in [0.3, 0.4) is 0 Å². The molecule has 0 unspecified atom stereocenters. The minimum atomic E-state index is -3.43. The summed E-state index contributed by atoms with van der Waals surface area (Å²) in [6, 6.07) is 11.4. The van der Waals surface area contributed by atoms with Crippen LogP contribution in [0.5, 0.6) is 0 Å². The van der Waals surface area contributed by atoms with Gasteiger partial charge in [0.2, 0.25) is 10.0 Å². The maximum absolute atomic E-state index is 12.6. The minimum absolute atomic E-state index is 0.299. The van der Waals surface area contributed by atoms with Crippen LogP contribution in [0.15, 0.2) is 47.5 Å². The summed E-state index contributed by atoms with van der Waals surface area (Å²) in [6.07, 6.45) is 1.59. The fraction of sp³-hybridized carbons (Fsp3) is 0.421. The lowest BCUT2D eigenvalue weighted by Gasteiger charge is -2.32. The van der Waals surface area contributed by atoms with Crippen LogP contribution < -0.4 is 14.8 Å². The second kappa shape index (κ2) is 8.46. The zero-order chi connectivity index (χ0) is 19.4. The van der Waals surface area contributed by atoms with Crippen molar-refractivity contribution in [2.45, 2.75) is 18.7 Å². The molecule has 1 aromatic heterocycles. The summed E-state index contributed by atoms with van der Waals surface area (Å²) in [4.78, 5) is 8.00. The number of rotatable bonds is 6. The van der Waals surface area contributed by atoms with E-state index in [1.807, 2.05) is 38.1 Å². The van der Waals surface area contributed by atoms with Gasteiger partial charge in [-0.25, -0.2) is 13.4 Å². The molecule has 0 spiro atoms. The van der Waals surface area contributed by atoms with Gasteiger partial charge in [-0.05, 0) is 24.3 Å². The predicted octanol–water partition coefficient (Wildman–Crippen LogP) is 2.51. The summed E-state index contributed by atoms with van der Waals surface area (Å²) < 4.78 is 26.6. The van der Waals surface area contributed by atoms with E-state index in [2.05, 4.69) is 20.9 Å². The highest BCUT2D eigenvalue weighted by molar-refractivity contribution is 7.89. The molecule has 27 heavy (non-hydrogen) atoms. The number of sulfonamides is 1. The van der Waals surface area contributed by atoms with E-state index in [0.717, 1.165) is 42.7 Å². The summed E-state index contributed by atoms with van der Waals surface area (Å²) in [5, 5.41) is 0.744. The third-order valence-electron chi connectivity index (χ3n) is 4.90. The molecular weight excluding hydrogens is 384 g/mol. The third kappa shape index (κ3) is 4.36. The van der Waals surface area contributed by atoms with Crippen molar-refractivity contribution >= 4 is 33.1 Å². The van der Waals surface area contributed by atoms with Gasteiger partial charge in [0, 0.05) is 29.9 Å². The molecule has 2 aromatic rings. The average molecular weight is 410 g/mol. The van der Waals surface area contributed by atoms with Crippen molar-refractivity contribution in [3.05, 3.63) is 47.6 Å². The molecule has 1 N–H and O–H groups in total. The fourth-order valence-electron chi connectivity index (χ4n) is 3.35. The topological polar surface area (TPSA) is 58.0 Å². The number of H-pyrrole nitrogens is 1. The van der Waals surface area contributed by atoms with Crippen molar-refractivity contribution in [3.8, 4) is 0 Å². The highest BCUT2D eigenvalue weighted by Gasteiger charge is 2.26. The molecule has 3 rings (SSSR count). The van der Waals surface area contributed by atoms with Gasteiger partial charge in [0.15, 0.2) is 0 Å². The monoisotopic (exact) mass is 409 g/mol. The van der Waals surface area contributed by atoms with E-state index in [4.69, 9.17) is 11.6 Å². The van der Waals surface area contributed by atoms with E-state index < -0.39 is 10.0 Å². The first kappa shape index (κ1) is 19.9. The van der Waals surface area contributed by atoms with Crippen molar-refractivity contribution < 1.29 is 13.4 Å². The normalized spacial score (nSPS) is 15.4. The lowest BCUT2D eigenvalue weighted by Crippen LogP contribution is -2.48. The first-order valence-corrected chi connectivity index (χ1v) is 11.0. The Balaban J connectivity index is 1.67. The molecule has 0 aliphatic carbocycles. The van der Waals surface area contributed by atoms with Gasteiger partial charge in [-0.3, -0.25) is 4.90 Å². The first-order valence-electron chi connectivity index (χ1n) is 9.23. The van der Waals surface area contributed by atoms with Gasteiger partial charge in [0.1, 0.15) is 24.2 Å². The molecule has 1 aromatic carbocycles. The van der Waals surface area contributed by atoms with Crippen molar-refractivity contribution in [3.63, 3.8) is 0 Å².